The van der Waals surface area contributed by atoms with E-state index < -0.39 is 0 Å². The second-order valence-electron chi connectivity index (χ2n) is 7.02. The minimum atomic E-state index is 0.111. The van der Waals surface area contributed by atoms with Crippen molar-refractivity contribution in [2.45, 2.75) is 12.8 Å². The molecule has 1 fully saturated rings. The smallest absolute Gasteiger partial charge is 0.221 e. The first-order valence-corrected chi connectivity index (χ1v) is 9.23. The first-order valence-electron chi connectivity index (χ1n) is 9.23. The summed E-state index contributed by atoms with van der Waals surface area (Å²) >= 11 is 0. The van der Waals surface area contributed by atoms with E-state index in [1.807, 2.05) is 14.1 Å². The molecule has 6 heteroatoms. The molecule has 1 aromatic rings. The van der Waals surface area contributed by atoms with Crippen molar-refractivity contribution in [1.82, 2.24) is 15.1 Å². The summed E-state index contributed by atoms with van der Waals surface area (Å²) in [6, 6.07) is 8.52. The van der Waals surface area contributed by atoms with Crippen LogP contribution in [0, 0.1) is 0 Å². The third-order valence-corrected chi connectivity index (χ3v) is 4.52. The molecule has 1 heterocycles. The number of carbonyl (C=O) groups excluding carboxylic acids is 1. The fourth-order valence-electron chi connectivity index (χ4n) is 2.89. The van der Waals surface area contributed by atoms with Gasteiger partial charge in [-0.2, -0.15) is 0 Å². The number of hydrogen-bond donors (Lipinski definition) is 2. The van der Waals surface area contributed by atoms with Gasteiger partial charge in [-0.25, -0.2) is 0 Å². The first-order chi connectivity index (χ1) is 12.0. The van der Waals surface area contributed by atoms with Gasteiger partial charge in [-0.1, -0.05) is 0 Å². The Morgan fingerprint density at radius 2 is 1.76 bits per heavy atom. The number of piperazine rings is 1. The maximum Gasteiger partial charge on any atom is 0.221 e. The second kappa shape index (κ2) is 10.3. The molecule has 1 aliphatic rings. The van der Waals surface area contributed by atoms with E-state index in [4.69, 9.17) is 0 Å². The summed E-state index contributed by atoms with van der Waals surface area (Å²) in [4.78, 5) is 18.7. The molecule has 0 aromatic heterocycles. The number of rotatable bonds is 9. The molecular weight excluding hydrogens is 314 g/mol. The van der Waals surface area contributed by atoms with Gasteiger partial charge in [0.15, 0.2) is 0 Å². The predicted octanol–water partition coefficient (Wildman–Crippen LogP) is 1.31. The Balaban J connectivity index is 1.63. The predicted molar refractivity (Wildman–Crippen MR) is 105 cm³/mol. The Bertz CT molecular complexity index is 509. The largest absolute Gasteiger partial charge is 0.385 e. The van der Waals surface area contributed by atoms with Gasteiger partial charge in [0.1, 0.15) is 0 Å². The highest BCUT2D eigenvalue weighted by Crippen LogP contribution is 2.19. The van der Waals surface area contributed by atoms with E-state index >= 15 is 0 Å². The molecule has 0 saturated carbocycles. The molecule has 0 bridgehead atoms. The lowest BCUT2D eigenvalue weighted by molar-refractivity contribution is -0.120. The summed E-state index contributed by atoms with van der Waals surface area (Å²) in [5.74, 6) is 0.111. The number of nitrogens with one attached hydrogen (secondary N) is 2. The normalized spacial score (nSPS) is 15.4. The highest BCUT2D eigenvalue weighted by molar-refractivity contribution is 5.76. The van der Waals surface area contributed by atoms with Crippen LogP contribution in [0.3, 0.4) is 0 Å². The van der Waals surface area contributed by atoms with E-state index in [0.29, 0.717) is 13.0 Å². The fraction of sp³-hybridized carbons (Fsp3) is 0.632. The van der Waals surface area contributed by atoms with Gasteiger partial charge >= 0.3 is 0 Å². The van der Waals surface area contributed by atoms with Crippen molar-refractivity contribution in [2.24, 2.45) is 0 Å². The Morgan fingerprint density at radius 1 is 1.08 bits per heavy atom. The zero-order valence-electron chi connectivity index (χ0n) is 15.9. The molecule has 2 N–H and O–H groups in total. The minimum absolute atomic E-state index is 0.111. The zero-order chi connectivity index (χ0) is 18.1. The van der Waals surface area contributed by atoms with Crippen LogP contribution >= 0.6 is 0 Å². The lowest BCUT2D eigenvalue weighted by atomic mass is 10.2. The molecule has 1 aliphatic heterocycles. The molecular formula is C19H33N5O. The number of benzene rings is 1. The van der Waals surface area contributed by atoms with Gasteiger partial charge in [-0.15, -0.1) is 0 Å². The molecule has 0 unspecified atom stereocenters. The number of amides is 1. The highest BCUT2D eigenvalue weighted by Gasteiger charge is 2.13. The van der Waals surface area contributed by atoms with Gasteiger partial charge in [0.05, 0.1) is 0 Å². The van der Waals surface area contributed by atoms with E-state index in [1.54, 1.807) is 0 Å². The van der Waals surface area contributed by atoms with Crippen LogP contribution in [0.25, 0.3) is 0 Å². The van der Waals surface area contributed by atoms with E-state index in [2.05, 4.69) is 56.6 Å². The van der Waals surface area contributed by atoms with Crippen LogP contribution < -0.4 is 15.5 Å². The van der Waals surface area contributed by atoms with Crippen LogP contribution in [0.15, 0.2) is 24.3 Å². The number of carbonyl (C=O) groups is 1. The van der Waals surface area contributed by atoms with Gasteiger partial charge in [0.2, 0.25) is 5.91 Å². The average molecular weight is 348 g/mol. The number of hydrogen-bond acceptors (Lipinski definition) is 5. The lowest BCUT2D eigenvalue weighted by Crippen LogP contribution is -2.44. The van der Waals surface area contributed by atoms with Gasteiger partial charge < -0.3 is 25.3 Å². The second-order valence-corrected chi connectivity index (χ2v) is 7.02. The molecule has 1 aromatic carbocycles. The van der Waals surface area contributed by atoms with Crippen molar-refractivity contribution >= 4 is 17.3 Å². The molecule has 0 radical (unpaired) electrons. The summed E-state index contributed by atoms with van der Waals surface area (Å²) in [7, 11) is 6.25. The van der Waals surface area contributed by atoms with Crippen LogP contribution in [-0.4, -0.2) is 82.7 Å². The van der Waals surface area contributed by atoms with Crippen LogP contribution in [0.1, 0.15) is 12.8 Å². The summed E-state index contributed by atoms with van der Waals surface area (Å²) in [5, 5.41) is 6.29. The molecule has 0 spiro atoms. The van der Waals surface area contributed by atoms with Crippen molar-refractivity contribution < 1.29 is 4.79 Å². The van der Waals surface area contributed by atoms with Gasteiger partial charge in [-0.3, -0.25) is 4.79 Å². The van der Waals surface area contributed by atoms with Crippen molar-refractivity contribution in [3.05, 3.63) is 24.3 Å². The van der Waals surface area contributed by atoms with Crippen LogP contribution in [-0.2, 0) is 4.79 Å². The van der Waals surface area contributed by atoms with E-state index in [0.717, 1.165) is 51.4 Å². The standard InChI is InChI=1S/C19H33N5O/c1-22(2)12-4-10-21-19(25)9-11-20-17-5-7-18(8-6-17)24-15-13-23(3)14-16-24/h5-8,20H,4,9-16H2,1-3H3,(H,21,25). The van der Waals surface area contributed by atoms with Crippen molar-refractivity contribution in [3.8, 4) is 0 Å². The summed E-state index contributed by atoms with van der Waals surface area (Å²) in [6.07, 6.45) is 1.49. The fourth-order valence-corrected chi connectivity index (χ4v) is 2.89. The summed E-state index contributed by atoms with van der Waals surface area (Å²) in [5.41, 5.74) is 2.34. The Labute approximate surface area is 152 Å². The highest BCUT2D eigenvalue weighted by atomic mass is 16.1. The van der Waals surface area contributed by atoms with Crippen LogP contribution in [0.2, 0.25) is 0 Å². The van der Waals surface area contributed by atoms with E-state index in [1.165, 1.54) is 5.69 Å². The SMILES string of the molecule is CN(C)CCCNC(=O)CCNc1ccc(N2CCN(C)CC2)cc1. The van der Waals surface area contributed by atoms with E-state index in [-0.39, 0.29) is 5.91 Å². The zero-order valence-corrected chi connectivity index (χ0v) is 15.9. The maximum absolute atomic E-state index is 11.8. The average Bonchev–Trinajstić information content (AvgIpc) is 2.60. The molecule has 1 amide bonds. The Kier molecular flexibility index (Phi) is 8.01. The number of anilines is 2. The lowest BCUT2D eigenvalue weighted by Gasteiger charge is -2.34. The van der Waals surface area contributed by atoms with Crippen molar-refractivity contribution in [2.75, 3.05) is 77.2 Å². The van der Waals surface area contributed by atoms with Gasteiger partial charge in [0.25, 0.3) is 0 Å². The summed E-state index contributed by atoms with van der Waals surface area (Å²) in [6.45, 7) is 6.80. The van der Waals surface area contributed by atoms with Gasteiger partial charge in [-0.05, 0) is 58.4 Å². The van der Waals surface area contributed by atoms with Gasteiger partial charge in [0, 0.05) is 57.1 Å². The Morgan fingerprint density at radius 3 is 2.40 bits per heavy atom. The van der Waals surface area contributed by atoms with Crippen molar-refractivity contribution in [3.63, 3.8) is 0 Å². The number of likely N-dealkylation sites (N-methyl/N-ethyl adjacent to an activating group) is 1. The van der Waals surface area contributed by atoms with Crippen LogP contribution in [0.5, 0.6) is 0 Å². The molecule has 2 rings (SSSR count). The quantitative estimate of drug-likeness (QED) is 0.660. The monoisotopic (exact) mass is 347 g/mol. The molecule has 1 saturated heterocycles. The molecule has 6 nitrogen and oxygen atoms in total. The van der Waals surface area contributed by atoms with Crippen molar-refractivity contribution in [1.29, 1.82) is 0 Å². The number of nitrogens with zero attached hydrogens (tertiary/aromatic N) is 3. The minimum Gasteiger partial charge on any atom is -0.385 e. The van der Waals surface area contributed by atoms with Crippen LogP contribution in [0.4, 0.5) is 11.4 Å². The summed E-state index contributed by atoms with van der Waals surface area (Å²) < 4.78 is 0. The molecule has 25 heavy (non-hydrogen) atoms. The maximum atomic E-state index is 11.8. The van der Waals surface area contributed by atoms with E-state index in [9.17, 15) is 4.79 Å². The topological polar surface area (TPSA) is 50.9 Å². The Hall–Kier alpha value is -1.79. The first kappa shape index (κ1) is 19.5. The molecule has 0 aliphatic carbocycles. The third-order valence-electron chi connectivity index (χ3n) is 4.52. The molecule has 0 atom stereocenters. The molecule has 140 valence electrons. The third kappa shape index (κ3) is 7.32.